The molecule has 3 aromatic rings. The Morgan fingerprint density at radius 2 is 1.90 bits per heavy atom. The van der Waals surface area contributed by atoms with Gasteiger partial charge in [0.15, 0.2) is 5.82 Å². The van der Waals surface area contributed by atoms with Gasteiger partial charge in [-0.05, 0) is 18.6 Å². The fourth-order valence-electron chi connectivity index (χ4n) is 2.84. The Kier molecular flexibility index (Phi) is 2.89. The van der Waals surface area contributed by atoms with Gasteiger partial charge in [-0.15, -0.1) is 0 Å². The van der Waals surface area contributed by atoms with Crippen LogP contribution >= 0.6 is 0 Å². The minimum atomic E-state index is 0.736. The van der Waals surface area contributed by atoms with Crippen LogP contribution < -0.4 is 5.32 Å². The Morgan fingerprint density at radius 1 is 1.00 bits per heavy atom. The zero-order chi connectivity index (χ0) is 14.2. The van der Waals surface area contributed by atoms with E-state index in [0.717, 1.165) is 53.3 Å². The molecule has 0 saturated carbocycles. The van der Waals surface area contributed by atoms with Gasteiger partial charge in [0.2, 0.25) is 0 Å². The van der Waals surface area contributed by atoms with E-state index in [4.69, 9.17) is 15.0 Å². The third kappa shape index (κ3) is 2.08. The lowest BCUT2D eigenvalue weighted by atomic mass is 10.1. The van der Waals surface area contributed by atoms with Gasteiger partial charge in [0, 0.05) is 29.7 Å². The summed E-state index contributed by atoms with van der Waals surface area (Å²) >= 11 is 0. The molecule has 0 spiro atoms. The molecule has 0 amide bonds. The van der Waals surface area contributed by atoms with Gasteiger partial charge in [-0.2, -0.15) is 0 Å². The van der Waals surface area contributed by atoms with Crippen LogP contribution in [0, 0.1) is 0 Å². The summed E-state index contributed by atoms with van der Waals surface area (Å²) in [7, 11) is 0. The third-order valence-corrected chi connectivity index (χ3v) is 3.94. The summed E-state index contributed by atoms with van der Waals surface area (Å²) in [6.45, 7) is 3.84. The fourth-order valence-corrected chi connectivity index (χ4v) is 2.84. The van der Waals surface area contributed by atoms with Crippen molar-refractivity contribution in [2.45, 2.75) is 26.4 Å². The van der Waals surface area contributed by atoms with Crippen LogP contribution in [0.4, 0.5) is 0 Å². The number of hydrogen-bond acceptors (Lipinski definition) is 4. The normalized spacial score (nSPS) is 13.6. The lowest BCUT2D eigenvalue weighted by Gasteiger charge is -2.08. The molecule has 0 fully saturated rings. The van der Waals surface area contributed by atoms with Crippen LogP contribution in [0.1, 0.15) is 23.9 Å². The highest BCUT2D eigenvalue weighted by molar-refractivity contribution is 5.80. The molecular formula is C17H16N4. The monoisotopic (exact) mass is 276 g/mol. The van der Waals surface area contributed by atoms with Crippen molar-refractivity contribution in [3.05, 3.63) is 53.3 Å². The van der Waals surface area contributed by atoms with Crippen molar-refractivity contribution < 1.29 is 0 Å². The van der Waals surface area contributed by atoms with Crippen molar-refractivity contribution in [1.29, 1.82) is 0 Å². The maximum absolute atomic E-state index is 4.73. The topological polar surface area (TPSA) is 50.7 Å². The van der Waals surface area contributed by atoms with Crippen LogP contribution in [0.15, 0.2) is 36.4 Å². The largest absolute Gasteiger partial charge is 0.307 e. The number of para-hydroxylation sites is 1. The van der Waals surface area contributed by atoms with Crippen LogP contribution in [0.25, 0.3) is 22.4 Å². The number of fused-ring (bicyclic) bond motifs is 2. The van der Waals surface area contributed by atoms with Gasteiger partial charge in [0.1, 0.15) is 5.69 Å². The smallest absolute Gasteiger partial charge is 0.178 e. The van der Waals surface area contributed by atoms with Gasteiger partial charge in [-0.3, -0.25) is 0 Å². The highest BCUT2D eigenvalue weighted by Crippen LogP contribution is 2.23. The molecule has 4 heteroatoms. The van der Waals surface area contributed by atoms with Crippen molar-refractivity contribution in [2.24, 2.45) is 0 Å². The molecule has 1 N–H and O–H groups in total. The van der Waals surface area contributed by atoms with Crippen LogP contribution in [-0.2, 0) is 19.5 Å². The van der Waals surface area contributed by atoms with Gasteiger partial charge in [0.25, 0.3) is 0 Å². The molecule has 21 heavy (non-hydrogen) atoms. The zero-order valence-electron chi connectivity index (χ0n) is 11.9. The number of aromatic nitrogens is 3. The average molecular weight is 276 g/mol. The molecular weight excluding hydrogens is 260 g/mol. The molecule has 0 unspecified atom stereocenters. The lowest BCUT2D eigenvalue weighted by Crippen LogP contribution is -2.03. The number of nitrogens with one attached hydrogen (secondary N) is 1. The van der Waals surface area contributed by atoms with E-state index in [9.17, 15) is 0 Å². The standard InChI is InChI=1S/C17H16N4/c1-2-13-12-9-18-10-16(12)21-17(20-13)15-8-7-11-5-3-4-6-14(11)19-15/h3-8,18H,2,9-10H2,1H3. The van der Waals surface area contributed by atoms with E-state index in [0.29, 0.717) is 0 Å². The quantitative estimate of drug-likeness (QED) is 0.782. The Balaban J connectivity index is 1.88. The molecule has 1 aromatic carbocycles. The predicted molar refractivity (Wildman–Crippen MR) is 82.7 cm³/mol. The van der Waals surface area contributed by atoms with Gasteiger partial charge < -0.3 is 5.32 Å². The first-order valence-corrected chi connectivity index (χ1v) is 7.30. The first-order valence-electron chi connectivity index (χ1n) is 7.30. The SMILES string of the molecule is CCc1nc(-c2ccc3ccccc3n2)nc2c1CNC2. The van der Waals surface area contributed by atoms with Crippen molar-refractivity contribution in [3.8, 4) is 11.5 Å². The predicted octanol–water partition coefficient (Wildman–Crippen LogP) is 2.86. The van der Waals surface area contributed by atoms with Crippen LogP contribution in [0.3, 0.4) is 0 Å². The maximum Gasteiger partial charge on any atom is 0.178 e. The molecule has 2 aromatic heterocycles. The maximum atomic E-state index is 4.73. The Labute approximate surface area is 123 Å². The summed E-state index contributed by atoms with van der Waals surface area (Å²) in [5, 5.41) is 4.49. The van der Waals surface area contributed by atoms with E-state index in [2.05, 4.69) is 24.4 Å². The second-order valence-electron chi connectivity index (χ2n) is 5.27. The number of nitrogens with zero attached hydrogens (tertiary/aromatic N) is 3. The van der Waals surface area contributed by atoms with Crippen molar-refractivity contribution in [2.75, 3.05) is 0 Å². The minimum Gasteiger partial charge on any atom is -0.307 e. The summed E-state index contributed by atoms with van der Waals surface area (Å²) in [4.78, 5) is 14.1. The van der Waals surface area contributed by atoms with E-state index in [1.165, 1.54) is 5.56 Å². The Bertz CT molecular complexity index is 826. The molecule has 4 nitrogen and oxygen atoms in total. The van der Waals surface area contributed by atoms with Crippen molar-refractivity contribution in [3.63, 3.8) is 0 Å². The number of aryl methyl sites for hydroxylation is 1. The Morgan fingerprint density at radius 3 is 2.81 bits per heavy atom. The third-order valence-electron chi connectivity index (χ3n) is 3.94. The highest BCUT2D eigenvalue weighted by Gasteiger charge is 2.18. The molecule has 0 bridgehead atoms. The summed E-state index contributed by atoms with van der Waals surface area (Å²) in [6.07, 6.45) is 0.924. The van der Waals surface area contributed by atoms with Crippen molar-refractivity contribution in [1.82, 2.24) is 20.3 Å². The highest BCUT2D eigenvalue weighted by atomic mass is 15.0. The Hall–Kier alpha value is -2.33. The van der Waals surface area contributed by atoms with Crippen LogP contribution in [0.2, 0.25) is 0 Å². The van der Waals surface area contributed by atoms with Gasteiger partial charge >= 0.3 is 0 Å². The van der Waals surface area contributed by atoms with Gasteiger partial charge in [-0.1, -0.05) is 31.2 Å². The fraction of sp³-hybridized carbons (Fsp3) is 0.235. The lowest BCUT2D eigenvalue weighted by molar-refractivity contribution is 0.755. The first-order chi connectivity index (χ1) is 10.3. The summed E-state index contributed by atoms with van der Waals surface area (Å²) in [5.74, 6) is 0.736. The molecule has 0 atom stereocenters. The van der Waals surface area contributed by atoms with Gasteiger partial charge in [0.05, 0.1) is 11.2 Å². The van der Waals surface area contributed by atoms with Gasteiger partial charge in [-0.25, -0.2) is 15.0 Å². The second kappa shape index (κ2) is 4.90. The van der Waals surface area contributed by atoms with E-state index in [1.807, 2.05) is 24.3 Å². The second-order valence-corrected chi connectivity index (χ2v) is 5.27. The van der Waals surface area contributed by atoms with E-state index in [-0.39, 0.29) is 0 Å². The molecule has 1 aliphatic heterocycles. The van der Waals surface area contributed by atoms with E-state index >= 15 is 0 Å². The summed E-state index contributed by atoms with van der Waals surface area (Å²) in [6, 6.07) is 12.2. The van der Waals surface area contributed by atoms with E-state index < -0.39 is 0 Å². The first kappa shape index (κ1) is 12.4. The van der Waals surface area contributed by atoms with Crippen LogP contribution in [-0.4, -0.2) is 15.0 Å². The molecule has 0 aliphatic carbocycles. The average Bonchev–Trinajstić information content (AvgIpc) is 3.02. The molecule has 4 rings (SSSR count). The number of benzene rings is 1. The number of rotatable bonds is 2. The van der Waals surface area contributed by atoms with E-state index in [1.54, 1.807) is 0 Å². The molecule has 0 saturated heterocycles. The molecule has 0 radical (unpaired) electrons. The van der Waals surface area contributed by atoms with Crippen molar-refractivity contribution >= 4 is 10.9 Å². The minimum absolute atomic E-state index is 0.736. The zero-order valence-corrected chi connectivity index (χ0v) is 11.9. The molecule has 1 aliphatic rings. The summed E-state index contributed by atoms with van der Waals surface area (Å²) < 4.78 is 0. The molecule has 104 valence electrons. The van der Waals surface area contributed by atoms with Crippen LogP contribution in [0.5, 0.6) is 0 Å². The number of pyridine rings is 1. The summed E-state index contributed by atoms with van der Waals surface area (Å²) in [5.41, 5.74) is 5.34. The molecule has 3 heterocycles. The number of hydrogen-bond donors (Lipinski definition) is 1.